The van der Waals surface area contributed by atoms with Crippen molar-refractivity contribution in [2.24, 2.45) is 11.8 Å². The van der Waals surface area contributed by atoms with Crippen LogP contribution in [0.15, 0.2) is 30.3 Å². The molecule has 1 atom stereocenters. The quantitative estimate of drug-likeness (QED) is 0.844. The molecule has 1 aromatic rings. The molecule has 3 rings (SSSR count). The molecule has 1 aromatic carbocycles. The number of nitrogens with one attached hydrogen (secondary N) is 1. The topological polar surface area (TPSA) is 52.6 Å². The molecule has 2 aliphatic carbocycles. The molecular formula is C21H32N2O2. The lowest BCUT2D eigenvalue weighted by Gasteiger charge is -2.36. The first-order chi connectivity index (χ1) is 12.2. The highest BCUT2D eigenvalue weighted by molar-refractivity contribution is 5.74. The van der Waals surface area contributed by atoms with Gasteiger partial charge in [-0.2, -0.15) is 0 Å². The standard InChI is InChI=1S/C21H32N2O2/c1-23(19-13-11-16(15-24)12-14-19)21(25)22-20(18-9-5-6-10-18)17-7-3-2-4-8-17/h2-4,7-8,16,18-20,24H,5-6,9-15H2,1H3,(H,22,25). The number of aliphatic hydroxyl groups is 1. The maximum Gasteiger partial charge on any atom is 0.317 e. The first kappa shape index (κ1) is 18.2. The number of amides is 2. The van der Waals surface area contributed by atoms with Crippen molar-refractivity contribution in [2.45, 2.75) is 63.5 Å². The lowest BCUT2D eigenvalue weighted by molar-refractivity contribution is 0.131. The Labute approximate surface area is 151 Å². The van der Waals surface area contributed by atoms with Gasteiger partial charge in [-0.15, -0.1) is 0 Å². The maximum absolute atomic E-state index is 12.9. The summed E-state index contributed by atoms with van der Waals surface area (Å²) in [5.41, 5.74) is 1.22. The lowest BCUT2D eigenvalue weighted by Crippen LogP contribution is -2.47. The molecule has 25 heavy (non-hydrogen) atoms. The Morgan fingerprint density at radius 3 is 2.36 bits per heavy atom. The Morgan fingerprint density at radius 2 is 1.76 bits per heavy atom. The van der Waals surface area contributed by atoms with E-state index in [0.717, 1.165) is 25.7 Å². The number of carbonyl (C=O) groups excluding carboxylic acids is 1. The first-order valence-electron chi connectivity index (χ1n) is 9.88. The third kappa shape index (κ3) is 4.55. The van der Waals surface area contributed by atoms with E-state index in [1.165, 1.54) is 31.2 Å². The number of hydrogen-bond donors (Lipinski definition) is 2. The molecule has 0 aliphatic heterocycles. The summed E-state index contributed by atoms with van der Waals surface area (Å²) >= 11 is 0. The summed E-state index contributed by atoms with van der Waals surface area (Å²) in [5.74, 6) is 0.966. The Morgan fingerprint density at radius 1 is 1.12 bits per heavy atom. The minimum absolute atomic E-state index is 0.0493. The van der Waals surface area contributed by atoms with Gasteiger partial charge in [-0.3, -0.25) is 0 Å². The van der Waals surface area contributed by atoms with Gasteiger partial charge in [0.1, 0.15) is 0 Å². The van der Waals surface area contributed by atoms with E-state index in [9.17, 15) is 9.90 Å². The fourth-order valence-electron chi connectivity index (χ4n) is 4.54. The van der Waals surface area contributed by atoms with Crippen LogP contribution in [0, 0.1) is 11.8 Å². The first-order valence-corrected chi connectivity index (χ1v) is 9.88. The predicted molar refractivity (Wildman–Crippen MR) is 100 cm³/mol. The van der Waals surface area contributed by atoms with Crippen LogP contribution < -0.4 is 5.32 Å². The fraction of sp³-hybridized carbons (Fsp3) is 0.667. The van der Waals surface area contributed by atoms with Crippen LogP contribution in [0.1, 0.15) is 63.0 Å². The van der Waals surface area contributed by atoms with Crippen LogP contribution in [0.4, 0.5) is 4.79 Å². The minimum atomic E-state index is 0.0493. The second-order valence-corrected chi connectivity index (χ2v) is 7.85. The number of nitrogens with zero attached hydrogens (tertiary/aromatic N) is 1. The van der Waals surface area contributed by atoms with E-state index in [1.54, 1.807) is 0 Å². The number of rotatable bonds is 5. The van der Waals surface area contributed by atoms with Gasteiger partial charge in [0.15, 0.2) is 0 Å². The lowest BCUT2D eigenvalue weighted by atomic mass is 9.86. The van der Waals surface area contributed by atoms with Crippen molar-refractivity contribution in [1.82, 2.24) is 10.2 Å². The highest BCUT2D eigenvalue weighted by atomic mass is 16.3. The van der Waals surface area contributed by atoms with Crippen LogP contribution in [0.25, 0.3) is 0 Å². The van der Waals surface area contributed by atoms with Crippen molar-refractivity contribution >= 4 is 6.03 Å². The van der Waals surface area contributed by atoms with Gasteiger partial charge in [0.25, 0.3) is 0 Å². The number of carbonyl (C=O) groups is 1. The van der Waals surface area contributed by atoms with E-state index < -0.39 is 0 Å². The molecule has 2 fully saturated rings. The number of urea groups is 1. The van der Waals surface area contributed by atoms with Crippen molar-refractivity contribution in [3.8, 4) is 0 Å². The van der Waals surface area contributed by atoms with Crippen molar-refractivity contribution < 1.29 is 9.90 Å². The molecule has 0 saturated heterocycles. The Balaban J connectivity index is 1.63. The average molecular weight is 344 g/mol. The van der Waals surface area contributed by atoms with Gasteiger partial charge in [-0.05, 0) is 55.9 Å². The fourth-order valence-corrected chi connectivity index (χ4v) is 4.54. The molecule has 4 nitrogen and oxygen atoms in total. The van der Waals surface area contributed by atoms with Gasteiger partial charge in [-0.25, -0.2) is 4.79 Å². The van der Waals surface area contributed by atoms with Crippen LogP contribution >= 0.6 is 0 Å². The molecule has 2 aliphatic rings. The number of hydrogen-bond acceptors (Lipinski definition) is 2. The molecule has 2 saturated carbocycles. The molecule has 1 unspecified atom stereocenters. The highest BCUT2D eigenvalue weighted by Crippen LogP contribution is 2.36. The maximum atomic E-state index is 12.9. The second-order valence-electron chi connectivity index (χ2n) is 7.85. The van der Waals surface area contributed by atoms with Crippen molar-refractivity contribution in [1.29, 1.82) is 0 Å². The molecule has 2 amide bonds. The van der Waals surface area contributed by atoms with E-state index in [2.05, 4.69) is 29.6 Å². The Bertz CT molecular complexity index is 534. The number of benzene rings is 1. The predicted octanol–water partition coefficient (Wildman–Crippen LogP) is 4.11. The van der Waals surface area contributed by atoms with Gasteiger partial charge >= 0.3 is 6.03 Å². The summed E-state index contributed by atoms with van der Waals surface area (Å²) < 4.78 is 0. The van der Waals surface area contributed by atoms with Crippen LogP contribution in [0.3, 0.4) is 0 Å². The largest absolute Gasteiger partial charge is 0.396 e. The third-order valence-electron chi connectivity index (χ3n) is 6.25. The van der Waals surface area contributed by atoms with Gasteiger partial charge in [0.2, 0.25) is 0 Å². The molecule has 0 heterocycles. The van der Waals surface area contributed by atoms with Crippen molar-refractivity contribution in [3.05, 3.63) is 35.9 Å². The molecule has 4 heteroatoms. The van der Waals surface area contributed by atoms with Gasteiger partial charge < -0.3 is 15.3 Å². The van der Waals surface area contributed by atoms with Crippen LogP contribution in [0.2, 0.25) is 0 Å². The van der Waals surface area contributed by atoms with Gasteiger partial charge in [-0.1, -0.05) is 43.2 Å². The zero-order valence-corrected chi connectivity index (χ0v) is 15.4. The van der Waals surface area contributed by atoms with Crippen LogP contribution in [-0.2, 0) is 0 Å². The monoisotopic (exact) mass is 344 g/mol. The second kappa shape index (κ2) is 8.70. The zero-order chi connectivity index (χ0) is 17.6. The molecule has 138 valence electrons. The van der Waals surface area contributed by atoms with E-state index in [4.69, 9.17) is 0 Å². The molecule has 0 spiro atoms. The van der Waals surface area contributed by atoms with Crippen molar-refractivity contribution in [3.63, 3.8) is 0 Å². The van der Waals surface area contributed by atoms with Crippen LogP contribution in [-0.4, -0.2) is 35.7 Å². The molecule has 0 radical (unpaired) electrons. The Hall–Kier alpha value is -1.55. The van der Waals surface area contributed by atoms with Gasteiger partial charge in [0, 0.05) is 19.7 Å². The smallest absolute Gasteiger partial charge is 0.317 e. The van der Waals surface area contributed by atoms with E-state index in [-0.39, 0.29) is 18.7 Å². The summed E-state index contributed by atoms with van der Waals surface area (Å²) in [5, 5.41) is 12.6. The molecule has 0 bridgehead atoms. The zero-order valence-electron chi connectivity index (χ0n) is 15.4. The summed E-state index contributed by atoms with van der Waals surface area (Å²) in [4.78, 5) is 14.8. The molecule has 0 aromatic heterocycles. The summed E-state index contributed by atoms with van der Waals surface area (Å²) in [6.07, 6.45) is 8.96. The van der Waals surface area contributed by atoms with E-state index in [1.807, 2.05) is 18.0 Å². The summed E-state index contributed by atoms with van der Waals surface area (Å²) in [6.45, 7) is 0.278. The third-order valence-corrected chi connectivity index (χ3v) is 6.25. The SMILES string of the molecule is CN(C(=O)NC(c1ccccc1)C1CCCC1)C1CCC(CO)CC1. The number of aliphatic hydroxyl groups excluding tert-OH is 1. The average Bonchev–Trinajstić information content (AvgIpc) is 3.20. The van der Waals surface area contributed by atoms with E-state index >= 15 is 0 Å². The normalized spacial score (nSPS) is 25.5. The summed E-state index contributed by atoms with van der Waals surface area (Å²) in [6, 6.07) is 10.9. The van der Waals surface area contributed by atoms with Crippen molar-refractivity contribution in [2.75, 3.05) is 13.7 Å². The van der Waals surface area contributed by atoms with E-state index in [0.29, 0.717) is 17.9 Å². The van der Waals surface area contributed by atoms with Gasteiger partial charge in [0.05, 0.1) is 6.04 Å². The minimum Gasteiger partial charge on any atom is -0.396 e. The Kier molecular flexibility index (Phi) is 6.35. The highest BCUT2D eigenvalue weighted by Gasteiger charge is 2.31. The van der Waals surface area contributed by atoms with Crippen LogP contribution in [0.5, 0.6) is 0 Å². The summed E-state index contributed by atoms with van der Waals surface area (Å²) in [7, 11) is 1.93. The molecule has 2 N–H and O–H groups in total. The molecular weight excluding hydrogens is 312 g/mol.